The first-order valence-electron chi connectivity index (χ1n) is 12.9. The molecule has 0 radical (unpaired) electrons. The van der Waals surface area contributed by atoms with Gasteiger partial charge in [0.25, 0.3) is 10.0 Å². The fourth-order valence-electron chi connectivity index (χ4n) is 5.47. The smallest absolute Gasteiger partial charge is 0.411 e. The number of ether oxygens (including phenoxy) is 1. The van der Waals surface area contributed by atoms with E-state index in [2.05, 4.69) is 27.4 Å². The van der Waals surface area contributed by atoms with E-state index in [1.165, 1.54) is 16.4 Å². The van der Waals surface area contributed by atoms with Crippen molar-refractivity contribution in [2.45, 2.75) is 50.0 Å². The fraction of sp³-hybridized carbons (Fsp3) is 0.286. The number of carbonyl (C=O) groups is 1. The van der Waals surface area contributed by atoms with Gasteiger partial charge in [0.2, 0.25) is 0 Å². The lowest BCUT2D eigenvalue weighted by molar-refractivity contribution is 0.111. The third-order valence-electron chi connectivity index (χ3n) is 7.44. The number of nitrogens with zero attached hydrogens (tertiary/aromatic N) is 5. The van der Waals surface area contributed by atoms with Crippen LogP contribution in [0.25, 0.3) is 16.8 Å². The molecule has 1 aliphatic rings. The lowest BCUT2D eigenvalue weighted by atomic mass is 9.93. The SMILES string of the molecule is CC[C@@H]1C[C@H](OC(=O)Nc2ccccc2)C[C@@H]1c1nnc2cnc3c(ccn3S(=O)(=O)c3ccc(C)cc3)n12. The van der Waals surface area contributed by atoms with E-state index in [1.54, 1.807) is 42.5 Å². The van der Waals surface area contributed by atoms with Crippen molar-refractivity contribution in [2.75, 3.05) is 5.32 Å². The first-order valence-corrected chi connectivity index (χ1v) is 14.3. The molecule has 1 N–H and O–H groups in total. The molecular formula is C28H28N6O4S. The van der Waals surface area contributed by atoms with Crippen LogP contribution in [0.4, 0.5) is 10.5 Å². The van der Waals surface area contributed by atoms with Crippen LogP contribution < -0.4 is 5.32 Å². The number of hydrogen-bond donors (Lipinski definition) is 1. The summed E-state index contributed by atoms with van der Waals surface area (Å²) < 4.78 is 35.7. The van der Waals surface area contributed by atoms with Crippen molar-refractivity contribution in [2.24, 2.45) is 5.92 Å². The molecule has 1 saturated carbocycles. The molecule has 39 heavy (non-hydrogen) atoms. The van der Waals surface area contributed by atoms with E-state index in [0.717, 1.165) is 12.0 Å². The largest absolute Gasteiger partial charge is 0.446 e. The second-order valence-electron chi connectivity index (χ2n) is 9.91. The number of amides is 1. The molecule has 200 valence electrons. The molecule has 6 rings (SSSR count). The monoisotopic (exact) mass is 544 g/mol. The molecule has 0 aliphatic heterocycles. The Morgan fingerprint density at radius 2 is 1.82 bits per heavy atom. The van der Waals surface area contributed by atoms with Gasteiger partial charge in [-0.25, -0.2) is 22.2 Å². The van der Waals surface area contributed by atoms with Gasteiger partial charge in [-0.3, -0.25) is 9.72 Å². The van der Waals surface area contributed by atoms with E-state index in [-0.39, 0.29) is 22.8 Å². The number of benzene rings is 2. The van der Waals surface area contributed by atoms with Gasteiger partial charge in [0.05, 0.1) is 16.6 Å². The maximum Gasteiger partial charge on any atom is 0.411 e. The van der Waals surface area contributed by atoms with Crippen LogP contribution >= 0.6 is 0 Å². The Hall–Kier alpha value is -4.25. The number of carbonyl (C=O) groups excluding carboxylic acids is 1. The van der Waals surface area contributed by atoms with E-state index in [0.29, 0.717) is 41.2 Å². The Morgan fingerprint density at radius 3 is 2.56 bits per heavy atom. The zero-order valence-corrected chi connectivity index (χ0v) is 22.4. The number of aryl methyl sites for hydroxylation is 1. The molecule has 2 aromatic carbocycles. The Kier molecular flexibility index (Phi) is 6.30. The van der Waals surface area contributed by atoms with Gasteiger partial charge in [0.1, 0.15) is 11.9 Å². The zero-order valence-electron chi connectivity index (χ0n) is 21.6. The summed E-state index contributed by atoms with van der Waals surface area (Å²) in [5, 5.41) is 11.6. The molecule has 3 atom stereocenters. The summed E-state index contributed by atoms with van der Waals surface area (Å²) in [5.74, 6) is 0.903. The van der Waals surface area contributed by atoms with Gasteiger partial charge in [-0.05, 0) is 56.0 Å². The molecule has 0 spiro atoms. The van der Waals surface area contributed by atoms with Crippen molar-refractivity contribution in [3.63, 3.8) is 0 Å². The Labute approximate surface area is 225 Å². The number of anilines is 1. The van der Waals surface area contributed by atoms with Crippen molar-refractivity contribution in [1.29, 1.82) is 0 Å². The van der Waals surface area contributed by atoms with E-state index >= 15 is 0 Å². The molecule has 1 fully saturated rings. The molecule has 5 aromatic rings. The van der Waals surface area contributed by atoms with Gasteiger partial charge in [0, 0.05) is 17.8 Å². The summed E-state index contributed by atoms with van der Waals surface area (Å²) in [5.41, 5.74) is 3.08. The normalized spacial score (nSPS) is 19.5. The minimum absolute atomic E-state index is 0.0258. The van der Waals surface area contributed by atoms with E-state index < -0.39 is 16.1 Å². The van der Waals surface area contributed by atoms with Crippen LogP contribution in [-0.2, 0) is 14.8 Å². The Morgan fingerprint density at radius 1 is 1.05 bits per heavy atom. The second-order valence-corrected chi connectivity index (χ2v) is 11.7. The maximum absolute atomic E-state index is 13.4. The van der Waals surface area contributed by atoms with Gasteiger partial charge >= 0.3 is 6.09 Å². The molecule has 3 heterocycles. The summed E-state index contributed by atoms with van der Waals surface area (Å²) in [6, 6.07) is 17.6. The van der Waals surface area contributed by atoms with Crippen molar-refractivity contribution in [1.82, 2.24) is 23.6 Å². The highest BCUT2D eigenvalue weighted by Crippen LogP contribution is 2.43. The minimum Gasteiger partial charge on any atom is -0.446 e. The average Bonchev–Trinajstić information content (AvgIpc) is 3.65. The Bertz CT molecular complexity index is 1760. The summed E-state index contributed by atoms with van der Waals surface area (Å²) in [7, 11) is -3.85. The maximum atomic E-state index is 13.4. The number of nitrogens with one attached hydrogen (secondary N) is 1. The topological polar surface area (TPSA) is 120 Å². The summed E-state index contributed by atoms with van der Waals surface area (Å²) in [6.07, 6.45) is 4.46. The van der Waals surface area contributed by atoms with Crippen LogP contribution in [0.3, 0.4) is 0 Å². The van der Waals surface area contributed by atoms with E-state index in [1.807, 2.05) is 29.5 Å². The summed E-state index contributed by atoms with van der Waals surface area (Å²) in [4.78, 5) is 17.2. The van der Waals surface area contributed by atoms with E-state index in [9.17, 15) is 13.2 Å². The molecule has 1 aliphatic carbocycles. The molecule has 11 heteroatoms. The lowest BCUT2D eigenvalue weighted by Crippen LogP contribution is -2.20. The molecule has 0 saturated heterocycles. The van der Waals surface area contributed by atoms with Gasteiger partial charge in [-0.15, -0.1) is 10.2 Å². The number of fused-ring (bicyclic) bond motifs is 3. The van der Waals surface area contributed by atoms with Crippen LogP contribution in [-0.4, -0.2) is 44.2 Å². The van der Waals surface area contributed by atoms with Crippen molar-refractivity contribution < 1.29 is 17.9 Å². The first kappa shape index (κ1) is 25.1. The van der Waals surface area contributed by atoms with Crippen molar-refractivity contribution in [3.05, 3.63) is 84.4 Å². The molecule has 3 aromatic heterocycles. The standard InChI is InChI=1S/C28H28N6O4S/c1-3-19-15-21(38-28(35)30-20-7-5-4-6-8-20)16-23(19)26-32-31-25-17-29-27-24(34(25)26)13-14-33(27)39(36,37)22-11-9-18(2)10-12-22/h4-14,17,19,21,23H,3,15-16H2,1-2H3,(H,30,35)/t19-,21+,23+/m1/s1. The van der Waals surface area contributed by atoms with Gasteiger partial charge in [-0.2, -0.15) is 0 Å². The third kappa shape index (κ3) is 4.52. The highest BCUT2D eigenvalue weighted by molar-refractivity contribution is 7.90. The van der Waals surface area contributed by atoms with Crippen LogP contribution in [0, 0.1) is 12.8 Å². The van der Waals surface area contributed by atoms with Gasteiger partial charge in [-0.1, -0.05) is 49.2 Å². The molecular weight excluding hydrogens is 516 g/mol. The summed E-state index contributed by atoms with van der Waals surface area (Å²) in [6.45, 7) is 4.01. The second kappa shape index (κ2) is 9.81. The van der Waals surface area contributed by atoms with Crippen LogP contribution in [0.5, 0.6) is 0 Å². The van der Waals surface area contributed by atoms with Crippen LogP contribution in [0.1, 0.15) is 43.5 Å². The molecule has 10 nitrogen and oxygen atoms in total. The van der Waals surface area contributed by atoms with Gasteiger partial charge < -0.3 is 4.74 Å². The van der Waals surface area contributed by atoms with Gasteiger partial charge in [0.15, 0.2) is 11.3 Å². The van der Waals surface area contributed by atoms with Crippen molar-refractivity contribution in [3.8, 4) is 0 Å². The molecule has 1 amide bonds. The van der Waals surface area contributed by atoms with Crippen LogP contribution in [0.15, 0.2) is 78.0 Å². The summed E-state index contributed by atoms with van der Waals surface area (Å²) >= 11 is 0. The average molecular weight is 545 g/mol. The van der Waals surface area contributed by atoms with Crippen LogP contribution in [0.2, 0.25) is 0 Å². The Balaban J connectivity index is 1.32. The minimum atomic E-state index is -3.85. The number of rotatable bonds is 6. The number of aromatic nitrogens is 5. The van der Waals surface area contributed by atoms with Crippen molar-refractivity contribution >= 4 is 38.6 Å². The predicted octanol–water partition coefficient (Wildman–Crippen LogP) is 5.15. The third-order valence-corrected chi connectivity index (χ3v) is 9.12. The quantitative estimate of drug-likeness (QED) is 0.314. The highest BCUT2D eigenvalue weighted by Gasteiger charge is 2.39. The number of para-hydroxylation sites is 1. The first-order chi connectivity index (χ1) is 18.8. The highest BCUT2D eigenvalue weighted by atomic mass is 32.2. The zero-order chi connectivity index (χ0) is 27.1. The lowest BCUT2D eigenvalue weighted by Gasteiger charge is -2.16. The van der Waals surface area contributed by atoms with E-state index in [4.69, 9.17) is 4.74 Å². The predicted molar refractivity (Wildman–Crippen MR) is 146 cm³/mol. The number of hydrogen-bond acceptors (Lipinski definition) is 7. The fourth-order valence-corrected chi connectivity index (χ4v) is 6.76. The molecule has 0 bridgehead atoms. The molecule has 0 unspecified atom stereocenters.